The molecule has 8 heteroatoms. The first kappa shape index (κ1) is 22.3. The SMILES string of the molecule is CCNC(=NCc1cccc(C(=O)NC)c1)NCC(c1cccs1)N1CCOCC1. The summed E-state index contributed by atoms with van der Waals surface area (Å²) in [5.41, 5.74) is 1.64. The number of carbonyl (C=O) groups is 1. The molecular formula is C22H31N5O2S. The summed E-state index contributed by atoms with van der Waals surface area (Å²) in [5.74, 6) is 0.688. The van der Waals surface area contributed by atoms with E-state index in [-0.39, 0.29) is 11.9 Å². The molecule has 1 amide bonds. The summed E-state index contributed by atoms with van der Waals surface area (Å²) in [6.07, 6.45) is 0. The second-order valence-electron chi connectivity index (χ2n) is 7.04. The summed E-state index contributed by atoms with van der Waals surface area (Å²) in [6.45, 7) is 7.53. The van der Waals surface area contributed by atoms with Crippen LogP contribution in [0.15, 0.2) is 46.8 Å². The van der Waals surface area contributed by atoms with E-state index in [1.54, 1.807) is 18.4 Å². The van der Waals surface area contributed by atoms with E-state index in [0.29, 0.717) is 12.1 Å². The van der Waals surface area contributed by atoms with Gasteiger partial charge in [0.1, 0.15) is 0 Å². The van der Waals surface area contributed by atoms with Gasteiger partial charge in [0.25, 0.3) is 5.91 Å². The molecular weight excluding hydrogens is 398 g/mol. The molecule has 1 unspecified atom stereocenters. The zero-order valence-corrected chi connectivity index (χ0v) is 18.5. The van der Waals surface area contributed by atoms with Crippen LogP contribution < -0.4 is 16.0 Å². The second kappa shape index (κ2) is 11.7. The summed E-state index contributed by atoms with van der Waals surface area (Å²) in [4.78, 5) is 20.4. The Kier molecular flexibility index (Phi) is 8.67. The van der Waals surface area contributed by atoms with Crippen molar-refractivity contribution in [1.29, 1.82) is 0 Å². The highest BCUT2D eigenvalue weighted by Gasteiger charge is 2.23. The molecule has 1 aromatic heterocycles. The maximum atomic E-state index is 11.9. The monoisotopic (exact) mass is 429 g/mol. The molecule has 0 bridgehead atoms. The summed E-state index contributed by atoms with van der Waals surface area (Å²) in [7, 11) is 1.64. The van der Waals surface area contributed by atoms with Crippen molar-refractivity contribution >= 4 is 23.2 Å². The average molecular weight is 430 g/mol. The molecule has 7 nitrogen and oxygen atoms in total. The van der Waals surface area contributed by atoms with Crippen molar-refractivity contribution in [3.8, 4) is 0 Å². The van der Waals surface area contributed by atoms with E-state index in [4.69, 9.17) is 9.73 Å². The van der Waals surface area contributed by atoms with Crippen LogP contribution in [0, 0.1) is 0 Å². The van der Waals surface area contributed by atoms with Crippen molar-refractivity contribution < 1.29 is 9.53 Å². The fourth-order valence-electron chi connectivity index (χ4n) is 3.44. The van der Waals surface area contributed by atoms with E-state index in [1.165, 1.54) is 4.88 Å². The molecule has 2 heterocycles. The molecule has 1 aliphatic rings. The van der Waals surface area contributed by atoms with Gasteiger partial charge in [-0.25, -0.2) is 4.99 Å². The van der Waals surface area contributed by atoms with E-state index >= 15 is 0 Å². The molecule has 162 valence electrons. The number of hydrogen-bond donors (Lipinski definition) is 3. The molecule has 1 aliphatic heterocycles. The first-order valence-corrected chi connectivity index (χ1v) is 11.3. The minimum absolute atomic E-state index is 0.0878. The lowest BCUT2D eigenvalue weighted by Crippen LogP contribution is -2.46. The number of morpholine rings is 1. The number of benzene rings is 1. The normalized spacial score (nSPS) is 16.1. The minimum atomic E-state index is -0.0878. The Hall–Kier alpha value is -2.42. The highest BCUT2D eigenvalue weighted by molar-refractivity contribution is 7.10. The van der Waals surface area contributed by atoms with Gasteiger partial charge >= 0.3 is 0 Å². The average Bonchev–Trinajstić information content (AvgIpc) is 3.32. The number of nitrogens with zero attached hydrogens (tertiary/aromatic N) is 2. The van der Waals surface area contributed by atoms with Crippen LogP contribution in [0.5, 0.6) is 0 Å². The maximum Gasteiger partial charge on any atom is 0.251 e. The molecule has 1 fully saturated rings. The van der Waals surface area contributed by atoms with E-state index in [2.05, 4.69) is 45.3 Å². The van der Waals surface area contributed by atoms with E-state index in [1.807, 2.05) is 24.3 Å². The van der Waals surface area contributed by atoms with Crippen LogP contribution in [0.4, 0.5) is 0 Å². The predicted octanol–water partition coefficient (Wildman–Crippen LogP) is 2.24. The molecule has 0 saturated carbocycles. The van der Waals surface area contributed by atoms with Gasteiger partial charge in [0.05, 0.1) is 25.8 Å². The van der Waals surface area contributed by atoms with Gasteiger partial charge < -0.3 is 20.7 Å². The number of thiophene rings is 1. The fourth-order valence-corrected chi connectivity index (χ4v) is 4.30. The smallest absolute Gasteiger partial charge is 0.251 e. The third kappa shape index (κ3) is 6.29. The molecule has 3 rings (SSSR count). The highest BCUT2D eigenvalue weighted by atomic mass is 32.1. The summed E-state index contributed by atoms with van der Waals surface area (Å²) in [5, 5.41) is 11.6. The summed E-state index contributed by atoms with van der Waals surface area (Å²) >= 11 is 1.79. The largest absolute Gasteiger partial charge is 0.379 e. The van der Waals surface area contributed by atoms with Gasteiger partial charge in [-0.15, -0.1) is 11.3 Å². The number of hydrogen-bond acceptors (Lipinski definition) is 5. The summed E-state index contributed by atoms with van der Waals surface area (Å²) in [6, 6.07) is 12.2. The van der Waals surface area contributed by atoms with Crippen LogP contribution >= 0.6 is 11.3 Å². The third-order valence-electron chi connectivity index (χ3n) is 5.00. The Balaban J connectivity index is 1.67. The lowest BCUT2D eigenvalue weighted by molar-refractivity contribution is 0.0177. The summed E-state index contributed by atoms with van der Waals surface area (Å²) < 4.78 is 5.53. The van der Waals surface area contributed by atoms with Crippen molar-refractivity contribution in [1.82, 2.24) is 20.9 Å². The first-order chi connectivity index (χ1) is 14.7. The van der Waals surface area contributed by atoms with Gasteiger partial charge in [-0.3, -0.25) is 9.69 Å². The lowest BCUT2D eigenvalue weighted by Gasteiger charge is -2.34. The predicted molar refractivity (Wildman–Crippen MR) is 122 cm³/mol. The standard InChI is InChI=1S/C22H31N5O2S/c1-3-24-22(25-15-17-6-4-7-18(14-17)21(28)23-2)26-16-19(20-8-5-13-30-20)27-9-11-29-12-10-27/h4-8,13-14,19H,3,9-12,15-16H2,1-2H3,(H,23,28)(H2,24,25,26). The van der Waals surface area contributed by atoms with Gasteiger partial charge in [-0.2, -0.15) is 0 Å². The van der Waals surface area contributed by atoms with Crippen LogP contribution in [0.2, 0.25) is 0 Å². The van der Waals surface area contributed by atoms with Crippen molar-refractivity contribution in [2.45, 2.75) is 19.5 Å². The zero-order chi connectivity index (χ0) is 21.2. The fraction of sp³-hybridized carbons (Fsp3) is 0.455. The highest BCUT2D eigenvalue weighted by Crippen LogP contribution is 2.25. The lowest BCUT2D eigenvalue weighted by atomic mass is 10.1. The van der Waals surface area contributed by atoms with Gasteiger partial charge in [0, 0.05) is 43.7 Å². The van der Waals surface area contributed by atoms with Crippen LogP contribution in [0.1, 0.15) is 33.8 Å². The number of aliphatic imine (C=N–C) groups is 1. The second-order valence-corrected chi connectivity index (χ2v) is 8.01. The Morgan fingerprint density at radius 2 is 2.07 bits per heavy atom. The quantitative estimate of drug-likeness (QED) is 0.443. The minimum Gasteiger partial charge on any atom is -0.379 e. The number of ether oxygens (including phenoxy) is 1. The zero-order valence-electron chi connectivity index (χ0n) is 17.7. The molecule has 30 heavy (non-hydrogen) atoms. The van der Waals surface area contributed by atoms with Crippen molar-refractivity contribution in [3.05, 3.63) is 57.8 Å². The van der Waals surface area contributed by atoms with Crippen LogP contribution in [0.3, 0.4) is 0 Å². The molecule has 0 radical (unpaired) electrons. The Labute approximate surface area is 182 Å². The number of rotatable bonds is 8. The van der Waals surface area contributed by atoms with Crippen molar-refractivity contribution in [2.24, 2.45) is 4.99 Å². The molecule has 0 aliphatic carbocycles. The Morgan fingerprint density at radius 1 is 1.23 bits per heavy atom. The van der Waals surface area contributed by atoms with Gasteiger partial charge in [0.2, 0.25) is 0 Å². The van der Waals surface area contributed by atoms with E-state index in [0.717, 1.165) is 50.9 Å². The first-order valence-electron chi connectivity index (χ1n) is 10.4. The molecule has 1 saturated heterocycles. The van der Waals surface area contributed by atoms with Crippen molar-refractivity contribution in [3.63, 3.8) is 0 Å². The van der Waals surface area contributed by atoms with Gasteiger partial charge in [-0.1, -0.05) is 18.2 Å². The number of nitrogens with one attached hydrogen (secondary N) is 3. The molecule has 3 N–H and O–H groups in total. The molecule has 2 aromatic rings. The van der Waals surface area contributed by atoms with E-state index in [9.17, 15) is 4.79 Å². The van der Waals surface area contributed by atoms with Crippen molar-refractivity contribution in [2.75, 3.05) is 46.4 Å². The third-order valence-corrected chi connectivity index (χ3v) is 5.97. The van der Waals surface area contributed by atoms with E-state index < -0.39 is 0 Å². The number of amides is 1. The van der Waals surface area contributed by atoms with Gasteiger partial charge in [0.15, 0.2) is 5.96 Å². The van der Waals surface area contributed by atoms with Crippen LogP contribution in [-0.4, -0.2) is 63.2 Å². The number of guanidine groups is 1. The van der Waals surface area contributed by atoms with Crippen LogP contribution in [0.25, 0.3) is 0 Å². The molecule has 1 atom stereocenters. The molecule has 0 spiro atoms. The number of carbonyl (C=O) groups excluding carboxylic acids is 1. The van der Waals surface area contributed by atoms with Crippen LogP contribution in [-0.2, 0) is 11.3 Å². The maximum absolute atomic E-state index is 11.9. The Bertz CT molecular complexity index is 819. The topological polar surface area (TPSA) is 78.0 Å². The van der Waals surface area contributed by atoms with Gasteiger partial charge in [-0.05, 0) is 36.1 Å². The Morgan fingerprint density at radius 3 is 2.77 bits per heavy atom. The molecule has 1 aromatic carbocycles.